The van der Waals surface area contributed by atoms with Crippen LogP contribution in [0.1, 0.15) is 87.5 Å². The smallest absolute Gasteiger partial charge is 0.303 e. The lowest BCUT2D eigenvalue weighted by atomic mass is 9.96. The predicted octanol–water partition coefficient (Wildman–Crippen LogP) is -7.63. The lowest BCUT2D eigenvalue weighted by molar-refractivity contribution is -0.281. The van der Waals surface area contributed by atoms with Crippen molar-refractivity contribution >= 4 is 93.5 Å². The summed E-state index contributed by atoms with van der Waals surface area (Å²) in [5.41, 5.74) is 5.17. The van der Waals surface area contributed by atoms with Gasteiger partial charge in [0, 0.05) is 19.9 Å². The first-order valence-corrected chi connectivity index (χ1v) is 27.6. The number of nitrogens with two attached hydrogens (primary N) is 1. The third-order valence-electron chi connectivity index (χ3n) is 13.5. The Kier molecular flexibility index (Phi) is 28.8. The van der Waals surface area contributed by atoms with Crippen molar-refractivity contribution in [2.45, 2.75) is 197 Å². The summed E-state index contributed by atoms with van der Waals surface area (Å²) in [4.78, 5) is 134. The van der Waals surface area contributed by atoms with Crippen LogP contribution < -0.4 is 53.6 Å². The van der Waals surface area contributed by atoms with Gasteiger partial charge in [0.15, 0.2) is 12.6 Å². The van der Waals surface area contributed by atoms with Gasteiger partial charge in [-0.15, -0.1) is 0 Å². The molecule has 0 bridgehead atoms. The number of ether oxygens (including phenoxy) is 4. The number of carboxylic acid groups (broad SMARTS) is 1. The molecule has 3 saturated heterocycles. The van der Waals surface area contributed by atoms with Crippen molar-refractivity contribution in [3.8, 4) is 0 Å². The van der Waals surface area contributed by atoms with E-state index in [1.54, 1.807) is 13.8 Å². The summed E-state index contributed by atoms with van der Waals surface area (Å²) in [6, 6.07) is -12.1. The maximum atomic E-state index is 15.0. The first-order chi connectivity index (χ1) is 38.8. The minimum Gasteiger partial charge on any atom is -0.481 e. The molecule has 34 heteroatoms. The standard InChI is InChI=1S/C49H81N11O21S2/c1-19(2)14-27(57-43(73)26(54-23(6)63)11-12-33(66)67)44(74)53-20(3)42(72)58-35(22(5)79-49-37(56-25(8)83)41(71)39(69)30(18-62)81-49)47(77)59-34(21(4)78-48-36(55-24(7)82)40(70)38(68)29(17-61)80-48)46(76)52-16-32(65)60-13-9-10-28(60)45(75)51-15-31(50)64/h19-22,26-30,34-41,48-49,61-62,68-71H,9-18H2,1-8H3,(H2,50,64)(H,51,75)(H,52,76)(H,53,74)(H,54,63)(H,55,82)(H,56,83)(H,57,73)(H,58,72)(H,59,77)(H,66,67)/t20-,21+,22+,26-,27-,28-,29+,30+,34-,35-,36+,37+,38-,39-,40+,41+,48-,49-/m0/s1. The summed E-state index contributed by atoms with van der Waals surface area (Å²) in [5, 5.41) is 95.6. The number of likely N-dealkylation sites (tertiary alicyclic amines) is 1. The number of hydrogen-bond acceptors (Lipinski definition) is 22. The first-order valence-electron chi connectivity index (χ1n) is 26.8. The van der Waals surface area contributed by atoms with Crippen LogP contribution in [0.5, 0.6) is 0 Å². The number of rotatable bonds is 30. The fourth-order valence-electron chi connectivity index (χ4n) is 9.21. The first kappa shape index (κ1) is 71.3. The van der Waals surface area contributed by atoms with E-state index in [2.05, 4.69) is 47.9 Å². The van der Waals surface area contributed by atoms with Crippen LogP contribution in [0.15, 0.2) is 0 Å². The summed E-state index contributed by atoms with van der Waals surface area (Å²) >= 11 is 10.4. The topological polar surface area (TPSA) is 487 Å². The number of aliphatic hydroxyl groups is 6. The van der Waals surface area contributed by atoms with Crippen molar-refractivity contribution in [2.75, 3.05) is 32.8 Å². The Hall–Kier alpha value is -5.92. The second-order valence-electron chi connectivity index (χ2n) is 20.8. The molecule has 0 radical (unpaired) electrons. The monoisotopic (exact) mass is 1220 g/mol. The molecule has 18 atom stereocenters. The van der Waals surface area contributed by atoms with Crippen molar-refractivity contribution in [3.63, 3.8) is 0 Å². The van der Waals surface area contributed by atoms with Crippen LogP contribution in [0.2, 0.25) is 0 Å². The van der Waals surface area contributed by atoms with Gasteiger partial charge in [-0.2, -0.15) is 0 Å². The Labute approximate surface area is 489 Å². The van der Waals surface area contributed by atoms with Crippen LogP contribution in [-0.4, -0.2) is 252 Å². The van der Waals surface area contributed by atoms with E-state index in [4.69, 9.17) is 49.1 Å². The number of carboxylic acids is 1. The molecule has 0 aromatic heterocycles. The van der Waals surface area contributed by atoms with E-state index in [0.717, 1.165) is 11.8 Å². The molecule has 3 fully saturated rings. The van der Waals surface area contributed by atoms with Crippen molar-refractivity contribution in [2.24, 2.45) is 11.7 Å². The highest BCUT2D eigenvalue weighted by molar-refractivity contribution is 7.80. The highest BCUT2D eigenvalue weighted by atomic mass is 32.1. The lowest BCUT2D eigenvalue weighted by Gasteiger charge is -2.44. The molecule has 0 aliphatic carbocycles. The second-order valence-corrected chi connectivity index (χ2v) is 22.0. The van der Waals surface area contributed by atoms with E-state index in [9.17, 15) is 78.9 Å². The number of nitrogens with one attached hydrogen (secondary N) is 9. The molecule has 0 aromatic rings. The number of hydrogen-bond donors (Lipinski definition) is 17. The van der Waals surface area contributed by atoms with Gasteiger partial charge in [0.2, 0.25) is 53.2 Å². The van der Waals surface area contributed by atoms with Crippen molar-refractivity contribution in [1.82, 2.24) is 52.8 Å². The van der Waals surface area contributed by atoms with Gasteiger partial charge >= 0.3 is 5.97 Å². The van der Waals surface area contributed by atoms with E-state index >= 15 is 4.79 Å². The van der Waals surface area contributed by atoms with Crippen LogP contribution in [0.4, 0.5) is 0 Å². The number of nitrogens with zero attached hydrogens (tertiary/aromatic N) is 1. The highest BCUT2D eigenvalue weighted by Gasteiger charge is 2.49. The van der Waals surface area contributed by atoms with Crippen molar-refractivity contribution < 1.29 is 103 Å². The number of aliphatic hydroxyl groups excluding tert-OH is 6. The number of carbonyl (C=O) groups excluding carboxylic acids is 9. The molecule has 0 saturated carbocycles. The van der Waals surface area contributed by atoms with Crippen LogP contribution >= 0.6 is 24.4 Å². The number of primary amides is 1. The molecule has 83 heavy (non-hydrogen) atoms. The lowest BCUT2D eigenvalue weighted by Crippen LogP contribution is -2.67. The molecule has 3 rings (SSSR count). The zero-order valence-corrected chi connectivity index (χ0v) is 48.9. The van der Waals surface area contributed by atoms with E-state index in [0.29, 0.717) is 6.42 Å². The molecule has 470 valence electrons. The van der Waals surface area contributed by atoms with Crippen LogP contribution in [-0.2, 0) is 66.9 Å². The number of thiocarbonyl (C=S) groups is 2. The van der Waals surface area contributed by atoms with E-state index in [1.165, 1.54) is 34.6 Å². The van der Waals surface area contributed by atoms with Crippen LogP contribution in [0.3, 0.4) is 0 Å². The zero-order chi connectivity index (χ0) is 62.7. The maximum Gasteiger partial charge on any atom is 0.303 e. The van der Waals surface area contributed by atoms with Crippen molar-refractivity contribution in [3.05, 3.63) is 0 Å². The van der Waals surface area contributed by atoms with Gasteiger partial charge in [0.25, 0.3) is 0 Å². The van der Waals surface area contributed by atoms with E-state index < -0.39 is 202 Å². The summed E-state index contributed by atoms with van der Waals surface area (Å²) in [7, 11) is 0. The Morgan fingerprint density at radius 3 is 1.59 bits per heavy atom. The normalized spacial score (nSPS) is 26.7. The maximum absolute atomic E-state index is 15.0. The molecule has 3 aliphatic rings. The largest absolute Gasteiger partial charge is 0.481 e. The van der Waals surface area contributed by atoms with Crippen LogP contribution in [0, 0.1) is 5.92 Å². The average molecular weight is 1220 g/mol. The Balaban J connectivity index is 2.11. The van der Waals surface area contributed by atoms with Gasteiger partial charge in [0.1, 0.15) is 85.0 Å². The van der Waals surface area contributed by atoms with Gasteiger partial charge in [-0.1, -0.05) is 38.3 Å². The molecule has 0 aromatic carbocycles. The third kappa shape index (κ3) is 21.6. The summed E-state index contributed by atoms with van der Waals surface area (Å²) in [6.07, 6.45) is -16.7. The number of amides is 9. The molecule has 3 aliphatic heterocycles. The Morgan fingerprint density at radius 2 is 1.13 bits per heavy atom. The summed E-state index contributed by atoms with van der Waals surface area (Å²) < 4.78 is 23.9. The van der Waals surface area contributed by atoms with E-state index in [1.807, 2.05) is 0 Å². The SMILES string of the molecule is CC(=O)N[C@@H](CCC(=O)O)C(=O)N[C@@H](CC(C)C)C(=O)N[C@@H](C)C(=O)N[C@H](C(=O)N[C@H](C(=O)NCC(=O)N1CCC[C@H]1C(=O)NCC(N)=O)[C@@H](C)O[C@H]1O[C@H](CO)[C@H](O)[C@H](O)[C@H]1NC(C)=S)[C@@H](C)O[C@H]1O[C@H](CO)[C@H](O)[C@H](O)[C@H]1NC(C)=S. The molecule has 32 nitrogen and oxygen atoms in total. The molecule has 0 spiro atoms. The van der Waals surface area contributed by atoms with Crippen LogP contribution in [0.25, 0.3) is 0 Å². The van der Waals surface area contributed by atoms with Gasteiger partial charge in [0.05, 0.1) is 48.5 Å². The molecule has 0 unspecified atom stereocenters. The van der Waals surface area contributed by atoms with Gasteiger partial charge in [-0.25, -0.2) is 0 Å². The minimum atomic E-state index is -1.99. The van der Waals surface area contributed by atoms with Gasteiger partial charge in [-0.3, -0.25) is 47.9 Å². The zero-order valence-electron chi connectivity index (χ0n) is 47.2. The summed E-state index contributed by atoms with van der Waals surface area (Å²) in [6.45, 7) is 8.11. The summed E-state index contributed by atoms with van der Waals surface area (Å²) in [5.74, 6) is -9.90. The molecular formula is C49H81N11O21S2. The fourth-order valence-corrected chi connectivity index (χ4v) is 9.48. The molecular weight excluding hydrogens is 1140 g/mol. The molecule has 3 heterocycles. The Bertz CT molecular complexity index is 2330. The predicted molar refractivity (Wildman–Crippen MR) is 294 cm³/mol. The quantitative estimate of drug-likeness (QED) is 0.0297. The second kappa shape index (κ2) is 33.5. The highest BCUT2D eigenvalue weighted by Crippen LogP contribution is 2.26. The molecule has 18 N–H and O–H groups in total. The van der Waals surface area contributed by atoms with Gasteiger partial charge in [-0.05, 0) is 66.2 Å². The fraction of sp³-hybridized carbons (Fsp3) is 0.755. The van der Waals surface area contributed by atoms with Crippen molar-refractivity contribution in [1.29, 1.82) is 0 Å². The number of carbonyl (C=O) groups is 10. The van der Waals surface area contributed by atoms with Gasteiger partial charge < -0.3 is 113 Å². The third-order valence-corrected chi connectivity index (χ3v) is 13.7. The van der Waals surface area contributed by atoms with E-state index in [-0.39, 0.29) is 41.7 Å². The number of aliphatic carboxylic acids is 1. The minimum absolute atomic E-state index is 0.0328. The molecule has 9 amide bonds. The average Bonchev–Trinajstić information content (AvgIpc) is 4.09. The Morgan fingerprint density at radius 1 is 0.639 bits per heavy atom.